The summed E-state index contributed by atoms with van der Waals surface area (Å²) in [6, 6.07) is 1.85. The van der Waals surface area contributed by atoms with Gasteiger partial charge in [-0.3, -0.25) is 4.79 Å². The monoisotopic (exact) mass is 252 g/mol. The second-order valence-electron chi connectivity index (χ2n) is 4.17. The molecule has 0 bridgehead atoms. The third kappa shape index (κ3) is 2.63. The number of hydrogen-bond acceptors (Lipinski definition) is 5. The van der Waals surface area contributed by atoms with E-state index in [0.717, 1.165) is 23.7 Å². The summed E-state index contributed by atoms with van der Waals surface area (Å²) in [6.45, 7) is 6.07. The van der Waals surface area contributed by atoms with E-state index in [4.69, 9.17) is 0 Å². The Morgan fingerprint density at radius 1 is 1.59 bits per heavy atom. The first kappa shape index (κ1) is 12.0. The van der Waals surface area contributed by atoms with Crippen molar-refractivity contribution in [3.05, 3.63) is 22.1 Å². The second-order valence-corrected chi connectivity index (χ2v) is 5.13. The van der Waals surface area contributed by atoms with Gasteiger partial charge in [0.15, 0.2) is 0 Å². The molecule has 2 heterocycles. The van der Waals surface area contributed by atoms with Crippen molar-refractivity contribution in [2.45, 2.75) is 39.7 Å². The maximum absolute atomic E-state index is 11.7. The van der Waals surface area contributed by atoms with Crippen molar-refractivity contribution in [2.75, 3.05) is 5.32 Å². The summed E-state index contributed by atoms with van der Waals surface area (Å²) >= 11 is 1.41. The number of nitrogens with one attached hydrogen (secondary N) is 1. The molecule has 0 saturated carbocycles. The Labute approximate surface area is 104 Å². The molecule has 0 amide bonds. The summed E-state index contributed by atoms with van der Waals surface area (Å²) in [5.74, 6) is 0. The number of hydrogen-bond donors (Lipinski definition) is 1. The molecule has 0 radical (unpaired) electrons. The third-order valence-corrected chi connectivity index (χ3v) is 3.30. The van der Waals surface area contributed by atoms with E-state index in [9.17, 15) is 4.79 Å². The summed E-state index contributed by atoms with van der Waals surface area (Å²) in [6.07, 6.45) is 2.20. The van der Waals surface area contributed by atoms with Crippen molar-refractivity contribution < 1.29 is 0 Å². The van der Waals surface area contributed by atoms with Gasteiger partial charge in [0, 0.05) is 17.8 Å². The van der Waals surface area contributed by atoms with Crippen LogP contribution in [-0.4, -0.2) is 20.6 Å². The molecule has 5 nitrogen and oxygen atoms in total. The lowest BCUT2D eigenvalue weighted by Gasteiger charge is -2.09. The molecule has 0 unspecified atom stereocenters. The van der Waals surface area contributed by atoms with Crippen LogP contribution in [0.1, 0.15) is 32.4 Å². The lowest BCUT2D eigenvalue weighted by molar-refractivity contribution is 0.687. The Bertz CT molecular complexity index is 574. The zero-order chi connectivity index (χ0) is 12.4. The van der Waals surface area contributed by atoms with E-state index in [1.807, 2.05) is 6.92 Å². The first-order valence-corrected chi connectivity index (χ1v) is 6.56. The SMILES string of the molecule is CCC[C@@H](C)Nc1nn2c(=O)cc(C)nc2s1. The molecule has 6 heteroatoms. The Kier molecular flexibility index (Phi) is 3.42. The minimum absolute atomic E-state index is 0.125. The molecule has 2 rings (SSSR count). The van der Waals surface area contributed by atoms with E-state index < -0.39 is 0 Å². The summed E-state index contributed by atoms with van der Waals surface area (Å²) in [7, 11) is 0. The quantitative estimate of drug-likeness (QED) is 0.905. The van der Waals surface area contributed by atoms with Gasteiger partial charge >= 0.3 is 0 Å². The summed E-state index contributed by atoms with van der Waals surface area (Å²) < 4.78 is 1.35. The second kappa shape index (κ2) is 4.83. The number of aromatic nitrogens is 3. The fourth-order valence-corrected chi connectivity index (χ4v) is 2.66. The average molecular weight is 252 g/mol. The normalized spacial score (nSPS) is 12.9. The van der Waals surface area contributed by atoms with E-state index in [0.29, 0.717) is 11.0 Å². The smallest absolute Gasteiger partial charge is 0.275 e. The molecule has 1 N–H and O–H groups in total. The van der Waals surface area contributed by atoms with Crippen LogP contribution in [0.15, 0.2) is 10.9 Å². The van der Waals surface area contributed by atoms with Crippen LogP contribution in [0.4, 0.5) is 5.13 Å². The number of anilines is 1. The first-order chi connectivity index (χ1) is 8.10. The maximum Gasteiger partial charge on any atom is 0.275 e. The van der Waals surface area contributed by atoms with Crippen LogP contribution in [0.3, 0.4) is 0 Å². The topological polar surface area (TPSA) is 59.3 Å². The van der Waals surface area contributed by atoms with Crippen molar-refractivity contribution in [3.63, 3.8) is 0 Å². The van der Waals surface area contributed by atoms with E-state index in [1.165, 1.54) is 21.9 Å². The number of fused-ring (bicyclic) bond motifs is 1. The number of aryl methyl sites for hydroxylation is 1. The summed E-state index contributed by atoms with van der Waals surface area (Å²) in [5.41, 5.74) is 0.603. The van der Waals surface area contributed by atoms with Gasteiger partial charge in [-0.2, -0.15) is 4.52 Å². The predicted octanol–water partition coefficient (Wildman–Crippen LogP) is 2.06. The number of nitrogens with zero attached hydrogens (tertiary/aromatic N) is 3. The van der Waals surface area contributed by atoms with E-state index in [-0.39, 0.29) is 5.56 Å². The minimum atomic E-state index is -0.125. The molecule has 2 aromatic rings. The number of rotatable bonds is 4. The van der Waals surface area contributed by atoms with Gasteiger partial charge in [0.05, 0.1) is 0 Å². The zero-order valence-corrected chi connectivity index (χ0v) is 11.0. The lowest BCUT2D eigenvalue weighted by atomic mass is 10.2. The predicted molar refractivity (Wildman–Crippen MR) is 69.9 cm³/mol. The van der Waals surface area contributed by atoms with Crippen LogP contribution in [0.25, 0.3) is 4.96 Å². The fraction of sp³-hybridized carbons (Fsp3) is 0.545. The van der Waals surface area contributed by atoms with E-state index >= 15 is 0 Å². The van der Waals surface area contributed by atoms with Crippen molar-refractivity contribution in [2.24, 2.45) is 0 Å². The lowest BCUT2D eigenvalue weighted by Crippen LogP contribution is -2.17. The molecule has 0 spiro atoms. The molecule has 0 aliphatic heterocycles. The Morgan fingerprint density at radius 3 is 3.06 bits per heavy atom. The molecule has 92 valence electrons. The van der Waals surface area contributed by atoms with Crippen molar-refractivity contribution in [3.8, 4) is 0 Å². The molecule has 0 aliphatic carbocycles. The fourth-order valence-electron chi connectivity index (χ4n) is 1.69. The van der Waals surface area contributed by atoms with Gasteiger partial charge in [0.1, 0.15) is 0 Å². The maximum atomic E-state index is 11.7. The Balaban J connectivity index is 2.32. The first-order valence-electron chi connectivity index (χ1n) is 5.74. The van der Waals surface area contributed by atoms with Crippen molar-refractivity contribution in [1.29, 1.82) is 0 Å². The van der Waals surface area contributed by atoms with Crippen molar-refractivity contribution in [1.82, 2.24) is 14.6 Å². The standard InChI is InChI=1S/C11H16N4OS/c1-4-5-7(2)12-10-14-15-9(16)6-8(3)13-11(15)17-10/h6-7H,4-5H2,1-3H3,(H,12,14)/t7-/m1/s1. The average Bonchev–Trinajstić information content (AvgIpc) is 2.60. The van der Waals surface area contributed by atoms with Crippen LogP contribution in [0.5, 0.6) is 0 Å². The highest BCUT2D eigenvalue weighted by atomic mass is 32.1. The Morgan fingerprint density at radius 2 is 2.35 bits per heavy atom. The summed E-state index contributed by atoms with van der Waals surface area (Å²) in [4.78, 5) is 16.6. The third-order valence-electron chi connectivity index (χ3n) is 2.46. The van der Waals surface area contributed by atoms with Gasteiger partial charge in [-0.1, -0.05) is 24.7 Å². The minimum Gasteiger partial charge on any atom is -0.358 e. The highest BCUT2D eigenvalue weighted by Gasteiger charge is 2.09. The largest absolute Gasteiger partial charge is 0.358 e. The molecule has 0 fully saturated rings. The van der Waals surface area contributed by atoms with E-state index in [2.05, 4.69) is 29.2 Å². The van der Waals surface area contributed by atoms with Gasteiger partial charge in [-0.25, -0.2) is 4.98 Å². The van der Waals surface area contributed by atoms with Crippen LogP contribution in [0.2, 0.25) is 0 Å². The van der Waals surface area contributed by atoms with Gasteiger partial charge in [-0.15, -0.1) is 5.10 Å². The Hall–Kier alpha value is -1.43. The van der Waals surface area contributed by atoms with Crippen LogP contribution < -0.4 is 10.9 Å². The highest BCUT2D eigenvalue weighted by molar-refractivity contribution is 7.20. The van der Waals surface area contributed by atoms with Gasteiger partial charge in [-0.05, 0) is 20.3 Å². The van der Waals surface area contributed by atoms with E-state index in [1.54, 1.807) is 0 Å². The van der Waals surface area contributed by atoms with Gasteiger partial charge in [0.25, 0.3) is 5.56 Å². The van der Waals surface area contributed by atoms with Gasteiger partial charge < -0.3 is 5.32 Å². The molecular weight excluding hydrogens is 236 g/mol. The van der Waals surface area contributed by atoms with Crippen LogP contribution >= 0.6 is 11.3 Å². The van der Waals surface area contributed by atoms with Gasteiger partial charge in [0.2, 0.25) is 10.1 Å². The molecule has 0 aliphatic rings. The van der Waals surface area contributed by atoms with Crippen LogP contribution in [-0.2, 0) is 0 Å². The van der Waals surface area contributed by atoms with Crippen LogP contribution in [0, 0.1) is 6.92 Å². The molecule has 2 aromatic heterocycles. The van der Waals surface area contributed by atoms with Crippen molar-refractivity contribution >= 4 is 21.4 Å². The molecule has 0 saturated heterocycles. The highest BCUT2D eigenvalue weighted by Crippen LogP contribution is 2.18. The summed E-state index contributed by atoms with van der Waals surface area (Å²) in [5, 5.41) is 8.26. The molecule has 0 aromatic carbocycles. The molecule has 1 atom stereocenters. The molecule has 17 heavy (non-hydrogen) atoms. The zero-order valence-electron chi connectivity index (χ0n) is 10.2. The molecular formula is C11H16N4OS.